The first-order valence-electron chi connectivity index (χ1n) is 9.28. The second-order valence-corrected chi connectivity index (χ2v) is 6.67. The van der Waals surface area contributed by atoms with Crippen molar-refractivity contribution in [1.82, 2.24) is 5.32 Å². The van der Waals surface area contributed by atoms with Crippen molar-refractivity contribution in [3.63, 3.8) is 0 Å². The Bertz CT molecular complexity index is 756. The molecule has 1 N–H and O–H groups in total. The predicted octanol–water partition coefficient (Wildman–Crippen LogP) is 3.10. The van der Waals surface area contributed by atoms with Gasteiger partial charge in [0.15, 0.2) is 6.61 Å². The minimum absolute atomic E-state index is 0.309. The zero-order valence-electron chi connectivity index (χ0n) is 16.6. The van der Waals surface area contributed by atoms with Crippen molar-refractivity contribution in [2.75, 3.05) is 26.4 Å². The Hall–Kier alpha value is -3.02. The number of carbonyl (C=O) groups is 2. The van der Waals surface area contributed by atoms with E-state index in [4.69, 9.17) is 14.2 Å². The van der Waals surface area contributed by atoms with E-state index in [1.165, 1.54) is 0 Å². The molecule has 28 heavy (non-hydrogen) atoms. The monoisotopic (exact) mass is 385 g/mol. The highest BCUT2D eigenvalue weighted by molar-refractivity contribution is 5.85. The maximum absolute atomic E-state index is 12.3. The van der Waals surface area contributed by atoms with E-state index in [1.807, 2.05) is 49.4 Å². The van der Waals surface area contributed by atoms with Crippen molar-refractivity contribution in [3.8, 4) is 11.5 Å². The van der Waals surface area contributed by atoms with E-state index < -0.39 is 11.4 Å². The molecule has 0 unspecified atom stereocenters. The first-order valence-corrected chi connectivity index (χ1v) is 9.28. The molecular weight excluding hydrogens is 358 g/mol. The summed E-state index contributed by atoms with van der Waals surface area (Å²) in [6, 6.07) is 16.6. The van der Waals surface area contributed by atoms with Crippen LogP contribution in [0.5, 0.6) is 11.5 Å². The van der Waals surface area contributed by atoms with Gasteiger partial charge < -0.3 is 19.5 Å². The Morgan fingerprint density at radius 1 is 0.929 bits per heavy atom. The van der Waals surface area contributed by atoms with Crippen LogP contribution in [0.25, 0.3) is 0 Å². The van der Waals surface area contributed by atoms with Crippen LogP contribution in [0.1, 0.15) is 26.3 Å². The van der Waals surface area contributed by atoms with Gasteiger partial charge in [-0.25, -0.2) is 0 Å². The van der Waals surface area contributed by atoms with Crippen LogP contribution in [0.3, 0.4) is 0 Å². The maximum Gasteiger partial charge on any atom is 0.316 e. The summed E-state index contributed by atoms with van der Waals surface area (Å²) in [6.07, 6.45) is 0. The van der Waals surface area contributed by atoms with E-state index >= 15 is 0 Å². The van der Waals surface area contributed by atoms with Crippen LogP contribution in [0.2, 0.25) is 0 Å². The third kappa shape index (κ3) is 6.30. The molecule has 1 amide bonds. The van der Waals surface area contributed by atoms with Gasteiger partial charge >= 0.3 is 5.97 Å². The standard InChI is InChI=1S/C22H27NO5/c1-4-26-18-10-12-19(13-11-18)27-15-14-23-20(24)16-28-21(25)22(2,3)17-8-6-5-7-9-17/h5-13H,4,14-16H2,1-3H3,(H,23,24). The quantitative estimate of drug-likeness (QED) is 0.503. The van der Waals surface area contributed by atoms with Crippen LogP contribution in [0.15, 0.2) is 54.6 Å². The average molecular weight is 385 g/mol. The highest BCUT2D eigenvalue weighted by Crippen LogP contribution is 2.24. The van der Waals surface area contributed by atoms with Gasteiger partial charge in [-0.3, -0.25) is 9.59 Å². The van der Waals surface area contributed by atoms with Crippen LogP contribution in [0.4, 0.5) is 0 Å². The molecule has 0 spiro atoms. The van der Waals surface area contributed by atoms with Crippen molar-refractivity contribution >= 4 is 11.9 Å². The van der Waals surface area contributed by atoms with E-state index in [1.54, 1.807) is 26.0 Å². The predicted molar refractivity (Wildman–Crippen MR) is 107 cm³/mol. The number of rotatable bonds is 10. The Morgan fingerprint density at radius 3 is 2.14 bits per heavy atom. The van der Waals surface area contributed by atoms with E-state index in [-0.39, 0.29) is 12.5 Å². The van der Waals surface area contributed by atoms with Gasteiger partial charge in [0.25, 0.3) is 5.91 Å². The van der Waals surface area contributed by atoms with E-state index in [0.29, 0.717) is 25.5 Å². The molecule has 0 saturated carbocycles. The average Bonchev–Trinajstić information content (AvgIpc) is 2.71. The van der Waals surface area contributed by atoms with Crippen LogP contribution in [-0.4, -0.2) is 38.2 Å². The SMILES string of the molecule is CCOc1ccc(OCCNC(=O)COC(=O)C(C)(C)c2ccccc2)cc1. The highest BCUT2D eigenvalue weighted by atomic mass is 16.5. The fourth-order valence-corrected chi connectivity index (χ4v) is 2.49. The molecule has 0 bridgehead atoms. The molecule has 0 saturated heterocycles. The molecule has 0 fully saturated rings. The lowest BCUT2D eigenvalue weighted by Gasteiger charge is -2.22. The van der Waals surface area contributed by atoms with Gasteiger partial charge in [-0.05, 0) is 50.6 Å². The van der Waals surface area contributed by atoms with Gasteiger partial charge in [0.05, 0.1) is 18.6 Å². The topological polar surface area (TPSA) is 73.9 Å². The zero-order valence-corrected chi connectivity index (χ0v) is 16.6. The zero-order chi connectivity index (χ0) is 20.4. The molecule has 2 rings (SSSR count). The lowest BCUT2D eigenvalue weighted by Crippen LogP contribution is -2.36. The fourth-order valence-electron chi connectivity index (χ4n) is 2.49. The molecule has 0 atom stereocenters. The lowest BCUT2D eigenvalue weighted by atomic mass is 9.85. The molecule has 6 heteroatoms. The lowest BCUT2D eigenvalue weighted by molar-refractivity contribution is -0.153. The number of benzene rings is 2. The Kier molecular flexibility index (Phi) is 7.87. The summed E-state index contributed by atoms with van der Waals surface area (Å²) in [4.78, 5) is 24.2. The van der Waals surface area contributed by atoms with Crippen LogP contribution >= 0.6 is 0 Å². The van der Waals surface area contributed by atoms with E-state index in [0.717, 1.165) is 11.3 Å². The van der Waals surface area contributed by atoms with Crippen molar-refractivity contribution in [2.24, 2.45) is 0 Å². The van der Waals surface area contributed by atoms with Gasteiger partial charge in [-0.1, -0.05) is 30.3 Å². The molecule has 2 aromatic rings. The molecule has 0 aromatic heterocycles. The second-order valence-electron chi connectivity index (χ2n) is 6.67. The first kappa shape index (κ1) is 21.3. The minimum atomic E-state index is -0.821. The summed E-state index contributed by atoms with van der Waals surface area (Å²) >= 11 is 0. The number of ether oxygens (including phenoxy) is 3. The molecule has 0 aliphatic heterocycles. The number of carbonyl (C=O) groups excluding carboxylic acids is 2. The molecule has 6 nitrogen and oxygen atoms in total. The third-order valence-corrected chi connectivity index (χ3v) is 4.17. The number of hydrogen-bond acceptors (Lipinski definition) is 5. The van der Waals surface area contributed by atoms with Crippen LogP contribution < -0.4 is 14.8 Å². The summed E-state index contributed by atoms with van der Waals surface area (Å²) in [5.74, 6) is 0.657. The molecule has 2 aromatic carbocycles. The van der Waals surface area contributed by atoms with E-state index in [2.05, 4.69) is 5.32 Å². The summed E-state index contributed by atoms with van der Waals surface area (Å²) in [6.45, 7) is 6.37. The first-order chi connectivity index (χ1) is 13.4. The summed E-state index contributed by atoms with van der Waals surface area (Å²) in [5.41, 5.74) is 0.0161. The summed E-state index contributed by atoms with van der Waals surface area (Å²) < 4.78 is 16.1. The fraction of sp³-hybridized carbons (Fsp3) is 0.364. The maximum atomic E-state index is 12.3. The molecule has 0 heterocycles. The Morgan fingerprint density at radius 2 is 1.54 bits per heavy atom. The van der Waals surface area contributed by atoms with Gasteiger partial charge in [0, 0.05) is 0 Å². The summed E-state index contributed by atoms with van der Waals surface area (Å²) in [5, 5.41) is 2.67. The van der Waals surface area contributed by atoms with Crippen LogP contribution in [-0.2, 0) is 19.7 Å². The number of esters is 1. The van der Waals surface area contributed by atoms with Gasteiger partial charge in [0.1, 0.15) is 18.1 Å². The largest absolute Gasteiger partial charge is 0.494 e. The second kappa shape index (κ2) is 10.3. The Labute approximate surface area is 165 Å². The third-order valence-electron chi connectivity index (χ3n) is 4.17. The number of nitrogens with one attached hydrogen (secondary N) is 1. The van der Waals surface area contributed by atoms with Crippen molar-refractivity contribution in [2.45, 2.75) is 26.2 Å². The molecule has 150 valence electrons. The summed E-state index contributed by atoms with van der Waals surface area (Å²) in [7, 11) is 0. The van der Waals surface area contributed by atoms with Crippen molar-refractivity contribution in [1.29, 1.82) is 0 Å². The van der Waals surface area contributed by atoms with Crippen molar-refractivity contribution in [3.05, 3.63) is 60.2 Å². The molecular formula is C22H27NO5. The molecule has 0 radical (unpaired) electrons. The van der Waals surface area contributed by atoms with Gasteiger partial charge in [-0.2, -0.15) is 0 Å². The number of amides is 1. The van der Waals surface area contributed by atoms with Crippen LogP contribution in [0, 0.1) is 0 Å². The van der Waals surface area contributed by atoms with Gasteiger partial charge in [0.2, 0.25) is 0 Å². The highest BCUT2D eigenvalue weighted by Gasteiger charge is 2.31. The van der Waals surface area contributed by atoms with Gasteiger partial charge in [-0.15, -0.1) is 0 Å². The normalized spacial score (nSPS) is 10.8. The Balaban J connectivity index is 1.67. The minimum Gasteiger partial charge on any atom is -0.494 e. The molecule has 0 aliphatic carbocycles. The van der Waals surface area contributed by atoms with E-state index in [9.17, 15) is 9.59 Å². The smallest absolute Gasteiger partial charge is 0.316 e. The molecule has 0 aliphatic rings. The van der Waals surface area contributed by atoms with Crippen molar-refractivity contribution < 1.29 is 23.8 Å². The number of hydrogen-bond donors (Lipinski definition) is 1.